The summed E-state index contributed by atoms with van der Waals surface area (Å²) in [6, 6.07) is 14.3. The van der Waals surface area contributed by atoms with E-state index in [-0.39, 0.29) is 5.91 Å². The van der Waals surface area contributed by atoms with E-state index < -0.39 is 16.1 Å². The minimum atomic E-state index is -3.32. The van der Waals surface area contributed by atoms with Crippen molar-refractivity contribution in [3.63, 3.8) is 0 Å². The Morgan fingerprint density at radius 1 is 1.14 bits per heavy atom. The van der Waals surface area contributed by atoms with Gasteiger partial charge in [0.05, 0.1) is 11.9 Å². The van der Waals surface area contributed by atoms with Crippen LogP contribution in [0.2, 0.25) is 5.02 Å². The molecular weight excluding hydrogens is 412 g/mol. The number of benzene rings is 2. The Morgan fingerprint density at radius 2 is 1.76 bits per heavy atom. The van der Waals surface area contributed by atoms with E-state index in [1.165, 1.54) is 16.9 Å². The van der Waals surface area contributed by atoms with Gasteiger partial charge in [0, 0.05) is 18.6 Å². The van der Waals surface area contributed by atoms with Crippen LogP contribution in [-0.4, -0.2) is 40.3 Å². The van der Waals surface area contributed by atoms with E-state index in [1.54, 1.807) is 24.3 Å². The first kappa shape index (κ1) is 23.0. The van der Waals surface area contributed by atoms with E-state index in [1.807, 2.05) is 31.2 Å². The lowest BCUT2D eigenvalue weighted by atomic mass is 10.1. The molecule has 0 aliphatic rings. The van der Waals surface area contributed by atoms with Crippen LogP contribution < -0.4 is 14.4 Å². The molecule has 29 heavy (non-hydrogen) atoms. The molecule has 0 aromatic heterocycles. The molecule has 0 saturated carbocycles. The van der Waals surface area contributed by atoms with E-state index in [0.717, 1.165) is 19.1 Å². The lowest BCUT2D eigenvalue weighted by Crippen LogP contribution is -2.38. The van der Waals surface area contributed by atoms with Crippen molar-refractivity contribution in [3.05, 3.63) is 59.1 Å². The van der Waals surface area contributed by atoms with Crippen LogP contribution in [-0.2, 0) is 21.2 Å². The van der Waals surface area contributed by atoms with E-state index in [0.29, 0.717) is 29.4 Å². The maximum absolute atomic E-state index is 12.4. The van der Waals surface area contributed by atoms with Gasteiger partial charge >= 0.3 is 0 Å². The van der Waals surface area contributed by atoms with Crippen molar-refractivity contribution in [2.45, 2.75) is 32.3 Å². The maximum atomic E-state index is 12.4. The van der Waals surface area contributed by atoms with Gasteiger partial charge in [0.1, 0.15) is 5.75 Å². The van der Waals surface area contributed by atoms with Crippen molar-refractivity contribution in [2.24, 2.45) is 0 Å². The second kappa shape index (κ2) is 10.5. The molecule has 0 bridgehead atoms. The van der Waals surface area contributed by atoms with Crippen LogP contribution in [0.15, 0.2) is 48.5 Å². The van der Waals surface area contributed by atoms with Gasteiger partial charge in [-0.1, -0.05) is 30.7 Å². The number of aryl methyl sites for hydroxylation is 1. The standard InChI is InChI=1S/C21H27ClN2O4S/c1-4-20(21(25)23-15-5-6-16-7-9-17(22)10-8-16)28-19-13-11-18(12-14-19)24(2)29(3,26)27/h7-14,20H,4-6,15H2,1-3H3,(H,23,25)/t20-/m1/s1. The number of hydrogen-bond donors (Lipinski definition) is 1. The number of rotatable bonds is 10. The third-order valence-corrected chi connectivity index (χ3v) is 5.95. The molecule has 1 N–H and O–H groups in total. The SMILES string of the molecule is CC[C@@H](Oc1ccc(N(C)S(C)(=O)=O)cc1)C(=O)NCCCc1ccc(Cl)cc1. The summed E-state index contributed by atoms with van der Waals surface area (Å²) in [5.41, 5.74) is 1.70. The predicted octanol–water partition coefficient (Wildman–Crippen LogP) is 3.64. The molecule has 2 aromatic carbocycles. The molecule has 2 aromatic rings. The fraction of sp³-hybridized carbons (Fsp3) is 0.381. The van der Waals surface area contributed by atoms with Gasteiger partial charge in [-0.25, -0.2) is 8.42 Å². The topological polar surface area (TPSA) is 75.7 Å². The molecule has 0 saturated heterocycles. The first-order valence-electron chi connectivity index (χ1n) is 9.43. The van der Waals surface area contributed by atoms with Crippen molar-refractivity contribution < 1.29 is 17.9 Å². The highest BCUT2D eigenvalue weighted by atomic mass is 35.5. The van der Waals surface area contributed by atoms with Crippen molar-refractivity contribution in [3.8, 4) is 5.75 Å². The molecule has 0 spiro atoms. The third kappa shape index (κ3) is 7.25. The first-order chi connectivity index (χ1) is 13.7. The summed E-state index contributed by atoms with van der Waals surface area (Å²) in [5.74, 6) is 0.347. The first-order valence-corrected chi connectivity index (χ1v) is 11.7. The Morgan fingerprint density at radius 3 is 2.31 bits per heavy atom. The molecule has 0 aliphatic carbocycles. The van der Waals surface area contributed by atoms with Crippen LogP contribution in [0, 0.1) is 0 Å². The van der Waals surface area contributed by atoms with Crippen LogP contribution in [0.1, 0.15) is 25.3 Å². The Labute approximate surface area is 177 Å². The van der Waals surface area contributed by atoms with E-state index in [9.17, 15) is 13.2 Å². The largest absolute Gasteiger partial charge is 0.481 e. The van der Waals surface area contributed by atoms with Crippen LogP contribution >= 0.6 is 11.6 Å². The predicted molar refractivity (Wildman–Crippen MR) is 117 cm³/mol. The van der Waals surface area contributed by atoms with Crippen LogP contribution in [0.25, 0.3) is 0 Å². The molecule has 1 atom stereocenters. The smallest absolute Gasteiger partial charge is 0.261 e. The van der Waals surface area contributed by atoms with Crippen molar-refractivity contribution >= 4 is 33.2 Å². The van der Waals surface area contributed by atoms with Crippen LogP contribution in [0.5, 0.6) is 5.75 Å². The van der Waals surface area contributed by atoms with Crippen LogP contribution in [0.4, 0.5) is 5.69 Å². The molecule has 2 rings (SSSR count). The summed E-state index contributed by atoms with van der Waals surface area (Å²) < 4.78 is 30.2. The lowest BCUT2D eigenvalue weighted by molar-refractivity contribution is -0.128. The molecule has 0 radical (unpaired) electrons. The number of nitrogens with zero attached hydrogens (tertiary/aromatic N) is 1. The highest BCUT2D eigenvalue weighted by Gasteiger charge is 2.18. The Kier molecular flexibility index (Phi) is 8.34. The van der Waals surface area contributed by atoms with Gasteiger partial charge in [0.2, 0.25) is 10.0 Å². The summed E-state index contributed by atoms with van der Waals surface area (Å²) in [5, 5.41) is 3.62. The summed E-state index contributed by atoms with van der Waals surface area (Å²) in [6.07, 6.45) is 2.72. The third-order valence-electron chi connectivity index (χ3n) is 4.49. The zero-order valence-corrected chi connectivity index (χ0v) is 18.5. The van der Waals surface area contributed by atoms with Gasteiger partial charge in [-0.2, -0.15) is 0 Å². The summed E-state index contributed by atoms with van der Waals surface area (Å²) in [7, 11) is -1.84. The molecule has 158 valence electrons. The normalized spacial score (nSPS) is 12.3. The van der Waals surface area contributed by atoms with Gasteiger partial charge < -0.3 is 10.1 Å². The zero-order valence-electron chi connectivity index (χ0n) is 16.9. The van der Waals surface area contributed by atoms with Gasteiger partial charge in [-0.15, -0.1) is 0 Å². The van der Waals surface area contributed by atoms with E-state index in [4.69, 9.17) is 16.3 Å². The lowest BCUT2D eigenvalue weighted by Gasteiger charge is -2.19. The van der Waals surface area contributed by atoms with Gasteiger partial charge in [-0.05, 0) is 61.2 Å². The fourth-order valence-electron chi connectivity index (χ4n) is 2.68. The summed E-state index contributed by atoms with van der Waals surface area (Å²) in [4.78, 5) is 12.4. The number of carbonyl (C=O) groups is 1. The second-order valence-corrected chi connectivity index (χ2v) is 9.21. The number of amides is 1. The Hall–Kier alpha value is -2.25. The number of carbonyl (C=O) groups excluding carboxylic acids is 1. The van der Waals surface area contributed by atoms with Gasteiger partial charge in [0.25, 0.3) is 5.91 Å². The van der Waals surface area contributed by atoms with Gasteiger partial charge in [-0.3, -0.25) is 9.10 Å². The average molecular weight is 439 g/mol. The Bertz CT molecular complexity index is 899. The maximum Gasteiger partial charge on any atom is 0.261 e. The van der Waals surface area contributed by atoms with Crippen molar-refractivity contribution in [1.29, 1.82) is 0 Å². The molecule has 8 heteroatoms. The fourth-order valence-corrected chi connectivity index (χ4v) is 3.31. The molecule has 0 heterocycles. The number of hydrogen-bond acceptors (Lipinski definition) is 4. The number of ether oxygens (including phenoxy) is 1. The minimum Gasteiger partial charge on any atom is -0.481 e. The zero-order chi connectivity index (χ0) is 21.4. The highest BCUT2D eigenvalue weighted by molar-refractivity contribution is 7.92. The van der Waals surface area contributed by atoms with Gasteiger partial charge in [0.15, 0.2) is 6.10 Å². The highest BCUT2D eigenvalue weighted by Crippen LogP contribution is 2.21. The van der Waals surface area contributed by atoms with E-state index in [2.05, 4.69) is 5.32 Å². The molecular formula is C21H27ClN2O4S. The number of anilines is 1. The van der Waals surface area contributed by atoms with E-state index >= 15 is 0 Å². The summed E-state index contributed by atoms with van der Waals surface area (Å²) >= 11 is 5.88. The molecule has 1 amide bonds. The number of sulfonamides is 1. The Balaban J connectivity index is 1.83. The number of nitrogens with one attached hydrogen (secondary N) is 1. The average Bonchev–Trinajstić information content (AvgIpc) is 2.69. The van der Waals surface area contributed by atoms with Crippen LogP contribution in [0.3, 0.4) is 0 Å². The molecule has 0 unspecified atom stereocenters. The van der Waals surface area contributed by atoms with Crippen molar-refractivity contribution in [1.82, 2.24) is 5.32 Å². The molecule has 0 aliphatic heterocycles. The molecule has 6 nitrogen and oxygen atoms in total. The second-order valence-electron chi connectivity index (χ2n) is 6.76. The monoisotopic (exact) mass is 438 g/mol. The number of halogens is 1. The quantitative estimate of drug-likeness (QED) is 0.574. The minimum absolute atomic E-state index is 0.166. The molecule has 0 fully saturated rings. The van der Waals surface area contributed by atoms with Crippen molar-refractivity contribution in [2.75, 3.05) is 24.2 Å². The summed E-state index contributed by atoms with van der Waals surface area (Å²) in [6.45, 7) is 2.43.